The zero-order valence-electron chi connectivity index (χ0n) is 12.7. The molecule has 0 saturated carbocycles. The fraction of sp³-hybridized carbons (Fsp3) is 0.769. The Balaban J connectivity index is 2.74. The van der Waals surface area contributed by atoms with Gasteiger partial charge in [0.25, 0.3) is 5.91 Å². The van der Waals surface area contributed by atoms with Gasteiger partial charge in [-0.15, -0.1) is 10.2 Å². The predicted octanol–water partition coefficient (Wildman–Crippen LogP) is 2.25. The average Bonchev–Trinajstić information content (AvgIpc) is 2.93. The van der Waals surface area contributed by atoms with Gasteiger partial charge in [0.2, 0.25) is 10.1 Å². The first kappa shape index (κ1) is 16.8. The lowest BCUT2D eigenvalue weighted by atomic mass is 10.2. The van der Waals surface area contributed by atoms with Crippen LogP contribution in [0.3, 0.4) is 0 Å². The van der Waals surface area contributed by atoms with Gasteiger partial charge in [-0.3, -0.25) is 4.79 Å². The van der Waals surface area contributed by atoms with Crippen molar-refractivity contribution in [3.05, 3.63) is 5.01 Å². The quantitative estimate of drug-likeness (QED) is 0.757. The van der Waals surface area contributed by atoms with E-state index < -0.39 is 0 Å². The predicted molar refractivity (Wildman–Crippen MR) is 81.4 cm³/mol. The number of methoxy groups -OCH3 is 1. The summed E-state index contributed by atoms with van der Waals surface area (Å²) >= 11 is 1.31. The maximum atomic E-state index is 12.5. The first-order chi connectivity index (χ1) is 9.63. The monoisotopic (exact) mass is 300 g/mol. The number of aromatic nitrogens is 2. The maximum Gasteiger partial charge on any atom is 0.285 e. The van der Waals surface area contributed by atoms with Gasteiger partial charge in [0, 0.05) is 26.2 Å². The molecule has 20 heavy (non-hydrogen) atoms. The van der Waals surface area contributed by atoms with Gasteiger partial charge in [0.05, 0.1) is 6.61 Å². The fourth-order valence-corrected chi connectivity index (χ4v) is 2.39. The summed E-state index contributed by atoms with van der Waals surface area (Å²) in [5.74, 6) is -0.0709. The Kier molecular flexibility index (Phi) is 7.46. The molecule has 1 atom stereocenters. The Bertz CT molecular complexity index is 411. The number of hydrogen-bond donors (Lipinski definition) is 1. The zero-order chi connectivity index (χ0) is 15.0. The van der Waals surface area contributed by atoms with Gasteiger partial charge in [0.1, 0.15) is 0 Å². The Morgan fingerprint density at radius 1 is 1.45 bits per heavy atom. The molecule has 0 radical (unpaired) electrons. The molecule has 1 rings (SSSR count). The Labute approximate surface area is 124 Å². The van der Waals surface area contributed by atoms with E-state index in [0.29, 0.717) is 23.3 Å². The minimum absolute atomic E-state index is 0.0709. The molecule has 7 heteroatoms. The lowest BCUT2D eigenvalue weighted by Crippen LogP contribution is -2.40. The van der Waals surface area contributed by atoms with Gasteiger partial charge in [-0.05, 0) is 19.8 Å². The fourth-order valence-electron chi connectivity index (χ4n) is 1.67. The van der Waals surface area contributed by atoms with E-state index in [1.54, 1.807) is 12.0 Å². The van der Waals surface area contributed by atoms with Crippen molar-refractivity contribution in [2.45, 2.75) is 39.7 Å². The molecule has 0 bridgehead atoms. The van der Waals surface area contributed by atoms with Crippen LogP contribution >= 0.6 is 11.3 Å². The molecule has 0 saturated heterocycles. The number of carbonyl (C=O) groups is 1. The van der Waals surface area contributed by atoms with Crippen molar-refractivity contribution < 1.29 is 9.53 Å². The molecule has 1 unspecified atom stereocenters. The molecule has 0 aromatic carbocycles. The van der Waals surface area contributed by atoms with Crippen molar-refractivity contribution >= 4 is 22.4 Å². The summed E-state index contributed by atoms with van der Waals surface area (Å²) in [6.07, 6.45) is 1.91. The third kappa shape index (κ3) is 4.72. The van der Waals surface area contributed by atoms with E-state index in [-0.39, 0.29) is 11.9 Å². The number of carbonyl (C=O) groups excluding carboxylic acids is 1. The number of rotatable bonds is 9. The number of ether oxygens (including phenoxy) is 1. The van der Waals surface area contributed by atoms with Crippen LogP contribution in [-0.4, -0.2) is 53.9 Å². The summed E-state index contributed by atoms with van der Waals surface area (Å²) in [6.45, 7) is 8.10. The van der Waals surface area contributed by atoms with Crippen molar-refractivity contribution in [1.82, 2.24) is 15.1 Å². The van der Waals surface area contributed by atoms with Crippen molar-refractivity contribution in [3.8, 4) is 0 Å². The number of nitrogens with zero attached hydrogens (tertiary/aromatic N) is 3. The Morgan fingerprint density at radius 3 is 2.80 bits per heavy atom. The second-order valence-corrected chi connectivity index (χ2v) is 5.57. The summed E-state index contributed by atoms with van der Waals surface area (Å²) in [4.78, 5) is 14.3. The van der Waals surface area contributed by atoms with Crippen LogP contribution in [0, 0.1) is 0 Å². The second-order valence-electron chi connectivity index (χ2n) is 4.59. The highest BCUT2D eigenvalue weighted by Gasteiger charge is 2.23. The SMILES string of the molecule is CCCNc1nnc(C(=O)N(CCOC)C(C)CC)s1. The van der Waals surface area contributed by atoms with Crippen LogP contribution < -0.4 is 5.32 Å². The topological polar surface area (TPSA) is 67.4 Å². The van der Waals surface area contributed by atoms with Gasteiger partial charge in [0.15, 0.2) is 0 Å². The minimum atomic E-state index is -0.0709. The van der Waals surface area contributed by atoms with E-state index in [2.05, 4.69) is 29.4 Å². The van der Waals surface area contributed by atoms with Gasteiger partial charge >= 0.3 is 0 Å². The van der Waals surface area contributed by atoms with E-state index in [1.165, 1.54) is 11.3 Å². The highest BCUT2D eigenvalue weighted by molar-refractivity contribution is 7.17. The second kappa shape index (κ2) is 8.86. The van der Waals surface area contributed by atoms with Gasteiger partial charge in [-0.2, -0.15) is 0 Å². The Hall–Kier alpha value is -1.21. The van der Waals surface area contributed by atoms with E-state index >= 15 is 0 Å². The number of nitrogens with one attached hydrogen (secondary N) is 1. The highest BCUT2D eigenvalue weighted by atomic mass is 32.1. The first-order valence-corrected chi connectivity index (χ1v) is 7.82. The van der Waals surface area contributed by atoms with Crippen LogP contribution in [0.5, 0.6) is 0 Å². The van der Waals surface area contributed by atoms with E-state index in [4.69, 9.17) is 4.74 Å². The summed E-state index contributed by atoms with van der Waals surface area (Å²) in [5.41, 5.74) is 0. The third-order valence-corrected chi connectivity index (χ3v) is 3.92. The van der Waals surface area contributed by atoms with Crippen molar-refractivity contribution in [3.63, 3.8) is 0 Å². The van der Waals surface area contributed by atoms with Gasteiger partial charge < -0.3 is 15.0 Å². The molecule has 0 aliphatic heterocycles. The van der Waals surface area contributed by atoms with E-state index in [0.717, 1.165) is 19.4 Å². The number of anilines is 1. The lowest BCUT2D eigenvalue weighted by molar-refractivity contribution is 0.0612. The largest absolute Gasteiger partial charge is 0.383 e. The standard InChI is InChI=1S/C13H24N4O2S/c1-5-7-14-13-16-15-11(20-13)12(18)17(8-9-19-4)10(3)6-2/h10H,5-9H2,1-4H3,(H,14,16). The van der Waals surface area contributed by atoms with Crippen molar-refractivity contribution in [1.29, 1.82) is 0 Å². The van der Waals surface area contributed by atoms with Crippen LogP contribution in [-0.2, 0) is 4.74 Å². The molecule has 1 heterocycles. The van der Waals surface area contributed by atoms with Crippen LogP contribution in [0.25, 0.3) is 0 Å². The number of amides is 1. The zero-order valence-corrected chi connectivity index (χ0v) is 13.5. The minimum Gasteiger partial charge on any atom is -0.383 e. The molecule has 0 fully saturated rings. The molecule has 1 aromatic rings. The van der Waals surface area contributed by atoms with E-state index in [1.807, 2.05) is 6.92 Å². The van der Waals surface area contributed by atoms with Gasteiger partial charge in [-0.1, -0.05) is 25.2 Å². The smallest absolute Gasteiger partial charge is 0.285 e. The molecule has 1 aromatic heterocycles. The number of hydrogen-bond acceptors (Lipinski definition) is 6. The molecule has 6 nitrogen and oxygen atoms in total. The molecule has 0 spiro atoms. The summed E-state index contributed by atoms with van der Waals surface area (Å²) in [5, 5.41) is 12.3. The average molecular weight is 300 g/mol. The first-order valence-electron chi connectivity index (χ1n) is 7.01. The highest BCUT2D eigenvalue weighted by Crippen LogP contribution is 2.18. The maximum absolute atomic E-state index is 12.5. The van der Waals surface area contributed by atoms with E-state index in [9.17, 15) is 4.79 Å². The molecular weight excluding hydrogens is 276 g/mol. The molecule has 0 aliphatic rings. The van der Waals surface area contributed by atoms with Crippen LogP contribution in [0.15, 0.2) is 0 Å². The Morgan fingerprint density at radius 2 is 2.20 bits per heavy atom. The molecule has 0 aliphatic carbocycles. The summed E-state index contributed by atoms with van der Waals surface area (Å²) in [7, 11) is 1.64. The van der Waals surface area contributed by atoms with Crippen LogP contribution in [0.4, 0.5) is 5.13 Å². The lowest BCUT2D eigenvalue weighted by Gasteiger charge is -2.27. The third-order valence-electron chi connectivity index (χ3n) is 3.05. The molecular formula is C13H24N4O2S. The molecule has 1 amide bonds. The van der Waals surface area contributed by atoms with Crippen LogP contribution in [0.1, 0.15) is 43.4 Å². The normalized spacial score (nSPS) is 12.2. The van der Waals surface area contributed by atoms with Crippen molar-refractivity contribution in [2.24, 2.45) is 0 Å². The molecule has 114 valence electrons. The van der Waals surface area contributed by atoms with Crippen LogP contribution in [0.2, 0.25) is 0 Å². The van der Waals surface area contributed by atoms with Gasteiger partial charge in [-0.25, -0.2) is 0 Å². The summed E-state index contributed by atoms with van der Waals surface area (Å²) < 4.78 is 5.07. The van der Waals surface area contributed by atoms with Crippen molar-refractivity contribution in [2.75, 3.05) is 32.1 Å². The summed E-state index contributed by atoms with van der Waals surface area (Å²) in [6, 6.07) is 0.161. The molecule has 1 N–H and O–H groups in total.